The maximum atomic E-state index is 13.5. The number of esters is 2. The molecule has 0 unspecified atom stereocenters. The summed E-state index contributed by atoms with van der Waals surface area (Å²) in [6.07, 6.45) is -0.0443. The summed E-state index contributed by atoms with van der Waals surface area (Å²) >= 11 is 0. The average molecular weight is 550 g/mol. The van der Waals surface area contributed by atoms with Crippen molar-refractivity contribution in [3.63, 3.8) is 0 Å². The molecule has 0 saturated carbocycles. The van der Waals surface area contributed by atoms with Crippen molar-refractivity contribution < 1.29 is 33.7 Å². The molecule has 2 N–H and O–H groups in total. The lowest BCUT2D eigenvalue weighted by Gasteiger charge is -2.31. The predicted molar refractivity (Wildman–Crippen MR) is 144 cm³/mol. The van der Waals surface area contributed by atoms with Crippen LogP contribution in [0.3, 0.4) is 0 Å². The lowest BCUT2D eigenvalue weighted by Crippen LogP contribution is -2.44. The number of benzene rings is 1. The van der Waals surface area contributed by atoms with Gasteiger partial charge in [-0.2, -0.15) is 0 Å². The molecule has 0 aliphatic carbocycles. The van der Waals surface area contributed by atoms with Crippen molar-refractivity contribution in [3.8, 4) is 17.1 Å². The fraction of sp³-hybridized carbons (Fsp3) is 0.414. The number of alkyl carbamates (subject to hydrolysis) is 1. The van der Waals surface area contributed by atoms with Crippen LogP contribution in [-0.4, -0.2) is 44.8 Å². The number of aromatic nitrogens is 2. The number of ether oxygens (including phenoxy) is 3. The third-order valence-electron chi connectivity index (χ3n) is 7.14. The maximum Gasteiger partial charge on any atom is 0.408 e. The van der Waals surface area contributed by atoms with Gasteiger partial charge in [0.25, 0.3) is 5.56 Å². The first-order valence-corrected chi connectivity index (χ1v) is 13.2. The average Bonchev–Trinajstić information content (AvgIpc) is 3.26. The molecule has 11 heteroatoms. The summed E-state index contributed by atoms with van der Waals surface area (Å²) in [5.74, 6) is -1.15. The van der Waals surface area contributed by atoms with E-state index < -0.39 is 29.2 Å². The highest BCUT2D eigenvalue weighted by Gasteiger charge is 2.45. The molecular formula is C29H31N3O8. The monoisotopic (exact) mass is 549 g/mol. The molecule has 0 saturated heterocycles. The number of hydrogen-bond donors (Lipinski definition) is 2. The molecule has 2 aliphatic heterocycles. The zero-order valence-electron chi connectivity index (χ0n) is 23.0. The van der Waals surface area contributed by atoms with E-state index >= 15 is 0 Å². The number of nitrogens with zero attached hydrogens (tertiary/aromatic N) is 2. The second-order valence-corrected chi connectivity index (χ2v) is 10.9. The quantitative estimate of drug-likeness (QED) is 0.283. The first-order valence-electron chi connectivity index (χ1n) is 13.2. The van der Waals surface area contributed by atoms with Crippen LogP contribution in [0.25, 0.3) is 22.3 Å². The van der Waals surface area contributed by atoms with Crippen molar-refractivity contribution in [2.24, 2.45) is 0 Å². The SMILES string of the molecule is CCc1c2c(nc3ccc(OC(=O)CNC(=O)OC(C)(C)C)cc13)-c1cc3c(c(=O)n1C2)COC(=O)[C@]3(O)CC. The largest absolute Gasteiger partial charge is 0.458 e. The summed E-state index contributed by atoms with van der Waals surface area (Å²) in [6.45, 7) is 8.52. The van der Waals surface area contributed by atoms with Crippen LogP contribution < -0.4 is 15.6 Å². The van der Waals surface area contributed by atoms with Crippen LogP contribution in [0.1, 0.15) is 63.3 Å². The Labute approximate surface area is 230 Å². The smallest absolute Gasteiger partial charge is 0.408 e. The van der Waals surface area contributed by atoms with Crippen LogP contribution >= 0.6 is 0 Å². The number of cyclic esters (lactones) is 1. The minimum atomic E-state index is -1.90. The maximum absolute atomic E-state index is 13.5. The lowest BCUT2D eigenvalue weighted by molar-refractivity contribution is -0.172. The minimum absolute atomic E-state index is 0.0642. The Morgan fingerprint density at radius 2 is 1.93 bits per heavy atom. The second kappa shape index (κ2) is 9.74. The van der Waals surface area contributed by atoms with Gasteiger partial charge in [-0.3, -0.25) is 4.79 Å². The molecule has 2 aromatic heterocycles. The van der Waals surface area contributed by atoms with Gasteiger partial charge in [-0.05, 0) is 63.4 Å². The lowest BCUT2D eigenvalue weighted by atomic mass is 9.86. The molecule has 0 spiro atoms. The van der Waals surface area contributed by atoms with Gasteiger partial charge in [-0.25, -0.2) is 19.4 Å². The zero-order chi connectivity index (χ0) is 29.0. The zero-order valence-corrected chi connectivity index (χ0v) is 23.0. The molecular weight excluding hydrogens is 518 g/mol. The highest BCUT2D eigenvalue weighted by atomic mass is 16.6. The van der Waals surface area contributed by atoms with Gasteiger partial charge in [-0.1, -0.05) is 13.8 Å². The van der Waals surface area contributed by atoms with E-state index in [4.69, 9.17) is 19.2 Å². The number of amides is 1. The van der Waals surface area contributed by atoms with Crippen molar-refractivity contribution in [1.29, 1.82) is 0 Å². The van der Waals surface area contributed by atoms with Crippen LogP contribution in [0.15, 0.2) is 29.1 Å². The minimum Gasteiger partial charge on any atom is -0.458 e. The Kier molecular flexibility index (Phi) is 6.65. The van der Waals surface area contributed by atoms with Crippen LogP contribution in [0, 0.1) is 0 Å². The topological polar surface area (TPSA) is 146 Å². The highest BCUT2D eigenvalue weighted by Crippen LogP contribution is 2.40. The number of aryl methyl sites for hydroxylation is 1. The number of aliphatic hydroxyl groups is 1. The molecule has 3 aromatic rings. The van der Waals surface area contributed by atoms with Crippen molar-refractivity contribution in [1.82, 2.24) is 14.9 Å². The van der Waals surface area contributed by atoms with Gasteiger partial charge in [0.2, 0.25) is 0 Å². The van der Waals surface area contributed by atoms with Crippen molar-refractivity contribution in [3.05, 3.63) is 56.9 Å². The summed E-state index contributed by atoms with van der Waals surface area (Å²) in [6, 6.07) is 6.72. The molecule has 5 rings (SSSR count). The molecule has 40 heavy (non-hydrogen) atoms. The molecule has 11 nitrogen and oxygen atoms in total. The summed E-state index contributed by atoms with van der Waals surface area (Å²) in [5.41, 5.74) is 1.15. The Hall–Kier alpha value is -4.25. The van der Waals surface area contributed by atoms with Gasteiger partial charge in [0, 0.05) is 16.5 Å². The molecule has 0 radical (unpaired) electrons. The standard InChI is InChI=1S/C29H31N3O8/c1-6-16-17-10-15(39-23(33)12-30-27(36)40-28(3,4)5)8-9-21(17)31-24-18(16)13-32-22(24)11-20-19(25(32)34)14-38-26(35)29(20,37)7-2/h8-11,37H,6-7,12-14H2,1-5H3,(H,30,36)/t29-/m0/s1. The fourth-order valence-corrected chi connectivity index (χ4v) is 5.23. The van der Waals surface area contributed by atoms with Crippen LogP contribution in [0.5, 0.6) is 5.75 Å². The van der Waals surface area contributed by atoms with E-state index in [9.17, 15) is 24.3 Å². The molecule has 1 atom stereocenters. The predicted octanol–water partition coefficient (Wildman–Crippen LogP) is 3.07. The van der Waals surface area contributed by atoms with Crippen LogP contribution in [-0.2, 0) is 44.2 Å². The fourth-order valence-electron chi connectivity index (χ4n) is 5.23. The summed E-state index contributed by atoms with van der Waals surface area (Å²) in [5, 5.41) is 14.2. The van der Waals surface area contributed by atoms with Gasteiger partial charge in [0.15, 0.2) is 5.60 Å². The van der Waals surface area contributed by atoms with E-state index in [0.29, 0.717) is 23.3 Å². The van der Waals surface area contributed by atoms with E-state index in [1.54, 1.807) is 56.5 Å². The number of carbonyl (C=O) groups excluding carboxylic acids is 3. The van der Waals surface area contributed by atoms with Gasteiger partial charge in [-0.15, -0.1) is 0 Å². The third-order valence-corrected chi connectivity index (χ3v) is 7.14. The number of hydrogen-bond acceptors (Lipinski definition) is 9. The van der Waals surface area contributed by atoms with Crippen molar-refractivity contribution >= 4 is 28.9 Å². The molecule has 210 valence electrons. The molecule has 0 bridgehead atoms. The molecule has 0 fully saturated rings. The van der Waals surface area contributed by atoms with Gasteiger partial charge in [0.05, 0.1) is 29.0 Å². The highest BCUT2D eigenvalue weighted by molar-refractivity contribution is 5.90. The number of nitrogens with one attached hydrogen (secondary N) is 1. The summed E-state index contributed by atoms with van der Waals surface area (Å²) < 4.78 is 17.3. The molecule has 4 heterocycles. The van der Waals surface area contributed by atoms with Gasteiger partial charge >= 0.3 is 18.0 Å². The van der Waals surface area contributed by atoms with E-state index in [-0.39, 0.29) is 48.6 Å². The number of carbonyl (C=O) groups is 3. The van der Waals surface area contributed by atoms with Crippen molar-refractivity contribution in [2.75, 3.05) is 6.54 Å². The Morgan fingerprint density at radius 3 is 2.60 bits per heavy atom. The second-order valence-electron chi connectivity index (χ2n) is 10.9. The Balaban J connectivity index is 1.48. The normalized spacial score (nSPS) is 17.5. The van der Waals surface area contributed by atoms with E-state index in [1.807, 2.05) is 6.92 Å². The van der Waals surface area contributed by atoms with E-state index in [2.05, 4.69) is 5.32 Å². The first-order chi connectivity index (χ1) is 18.9. The van der Waals surface area contributed by atoms with Crippen molar-refractivity contribution in [2.45, 2.75) is 71.8 Å². The summed E-state index contributed by atoms with van der Waals surface area (Å²) in [4.78, 5) is 54.9. The first kappa shape index (κ1) is 27.3. The number of rotatable bonds is 5. The number of pyridine rings is 2. The summed E-state index contributed by atoms with van der Waals surface area (Å²) in [7, 11) is 0. The third kappa shape index (κ3) is 4.60. The van der Waals surface area contributed by atoms with E-state index in [1.165, 1.54) is 0 Å². The Bertz CT molecular complexity index is 1640. The van der Waals surface area contributed by atoms with Crippen LogP contribution in [0.2, 0.25) is 0 Å². The van der Waals surface area contributed by atoms with Gasteiger partial charge < -0.3 is 29.2 Å². The molecule has 1 amide bonds. The number of fused-ring (bicyclic) bond motifs is 5. The molecule has 2 aliphatic rings. The Morgan fingerprint density at radius 1 is 1.18 bits per heavy atom. The van der Waals surface area contributed by atoms with Crippen LogP contribution in [0.4, 0.5) is 4.79 Å². The van der Waals surface area contributed by atoms with Gasteiger partial charge in [0.1, 0.15) is 24.5 Å². The van der Waals surface area contributed by atoms with E-state index in [0.717, 1.165) is 16.5 Å². The molecule has 1 aromatic carbocycles.